The number of anilines is 1. The van der Waals surface area contributed by atoms with Gasteiger partial charge in [0.05, 0.1) is 0 Å². The van der Waals surface area contributed by atoms with E-state index in [2.05, 4.69) is 59.0 Å². The zero-order valence-electron chi connectivity index (χ0n) is 8.57. The van der Waals surface area contributed by atoms with E-state index < -0.39 is 0 Å². The van der Waals surface area contributed by atoms with Gasteiger partial charge in [0.1, 0.15) is 0 Å². The van der Waals surface area contributed by atoms with E-state index in [4.69, 9.17) is 5.73 Å². The second-order valence-corrected chi connectivity index (χ2v) is 5.12. The van der Waals surface area contributed by atoms with Crippen LogP contribution in [0, 0.1) is 3.57 Å². The molecule has 1 nitrogen and oxygen atoms in total. The lowest BCUT2D eigenvalue weighted by Crippen LogP contribution is -1.88. The minimum atomic E-state index is 0.851. The molecule has 0 atom stereocenters. The monoisotopic (exact) mass is 319 g/mol. The van der Waals surface area contributed by atoms with E-state index in [1.165, 1.54) is 19.7 Å². The Hall–Kier alpha value is -1.29. The second kappa shape index (κ2) is 3.63. The van der Waals surface area contributed by atoms with E-state index in [9.17, 15) is 0 Å². The van der Waals surface area contributed by atoms with Gasteiger partial charge >= 0.3 is 0 Å². The third kappa shape index (κ3) is 1.45. The Kier molecular flexibility index (Phi) is 2.24. The van der Waals surface area contributed by atoms with Crippen LogP contribution in [0.5, 0.6) is 0 Å². The molecule has 0 aromatic heterocycles. The number of benzene rings is 3. The van der Waals surface area contributed by atoms with Gasteiger partial charge in [0.2, 0.25) is 0 Å². The molecule has 2 heteroatoms. The molecule has 3 rings (SSSR count). The summed E-state index contributed by atoms with van der Waals surface area (Å²) in [6.07, 6.45) is 0. The predicted molar refractivity (Wildman–Crippen MR) is 78.6 cm³/mol. The summed E-state index contributed by atoms with van der Waals surface area (Å²) < 4.78 is 1.25. The van der Waals surface area contributed by atoms with E-state index in [-0.39, 0.29) is 0 Å². The zero-order valence-corrected chi connectivity index (χ0v) is 10.7. The number of hydrogen-bond acceptors (Lipinski definition) is 1. The van der Waals surface area contributed by atoms with Gasteiger partial charge in [0.15, 0.2) is 0 Å². The van der Waals surface area contributed by atoms with Gasteiger partial charge in [-0.05, 0) is 56.9 Å². The Morgan fingerprint density at radius 1 is 0.812 bits per heavy atom. The van der Waals surface area contributed by atoms with Crippen molar-refractivity contribution in [3.05, 3.63) is 52.1 Å². The number of hydrogen-bond donors (Lipinski definition) is 1. The van der Waals surface area contributed by atoms with Gasteiger partial charge in [0.25, 0.3) is 0 Å². The van der Waals surface area contributed by atoms with Crippen molar-refractivity contribution in [3.63, 3.8) is 0 Å². The van der Waals surface area contributed by atoms with E-state index in [0.717, 1.165) is 11.1 Å². The Morgan fingerprint density at radius 2 is 1.56 bits per heavy atom. The summed E-state index contributed by atoms with van der Waals surface area (Å²) in [7, 11) is 0. The molecule has 3 aromatic carbocycles. The fraction of sp³-hybridized carbons (Fsp3) is 0. The minimum Gasteiger partial charge on any atom is -0.398 e. The first-order valence-electron chi connectivity index (χ1n) is 5.12. The van der Waals surface area contributed by atoms with Crippen molar-refractivity contribution < 1.29 is 0 Å². The van der Waals surface area contributed by atoms with Crippen molar-refractivity contribution in [2.45, 2.75) is 0 Å². The van der Waals surface area contributed by atoms with Crippen molar-refractivity contribution in [3.8, 4) is 0 Å². The molecule has 0 heterocycles. The highest BCUT2D eigenvalue weighted by molar-refractivity contribution is 14.1. The van der Waals surface area contributed by atoms with Crippen LogP contribution in [0.3, 0.4) is 0 Å². The quantitative estimate of drug-likeness (QED) is 0.375. The standard InChI is InChI=1S/C14H10IN/c15-10-6-5-9-7-14(16)12-4-2-1-3-11(12)13(9)8-10/h1-8H,16H2. The lowest BCUT2D eigenvalue weighted by Gasteiger charge is -2.07. The lowest BCUT2D eigenvalue weighted by molar-refractivity contribution is 1.71. The molecule has 0 unspecified atom stereocenters. The maximum Gasteiger partial charge on any atom is 0.0400 e. The summed E-state index contributed by atoms with van der Waals surface area (Å²) in [6, 6.07) is 16.8. The lowest BCUT2D eigenvalue weighted by atomic mass is 10.0. The van der Waals surface area contributed by atoms with Crippen LogP contribution in [0.2, 0.25) is 0 Å². The molecule has 3 aromatic rings. The smallest absolute Gasteiger partial charge is 0.0400 e. The summed E-state index contributed by atoms with van der Waals surface area (Å²) in [5, 5.41) is 4.85. The highest BCUT2D eigenvalue weighted by atomic mass is 127. The molecule has 0 radical (unpaired) electrons. The van der Waals surface area contributed by atoms with E-state index >= 15 is 0 Å². The summed E-state index contributed by atoms with van der Waals surface area (Å²) in [5.41, 5.74) is 6.91. The predicted octanol–water partition coefficient (Wildman–Crippen LogP) is 4.18. The maximum atomic E-state index is 6.06. The molecule has 0 aliphatic heterocycles. The topological polar surface area (TPSA) is 26.0 Å². The summed E-state index contributed by atoms with van der Waals surface area (Å²) in [6.45, 7) is 0. The van der Waals surface area contributed by atoms with Gasteiger partial charge in [-0.2, -0.15) is 0 Å². The van der Waals surface area contributed by atoms with Crippen LogP contribution < -0.4 is 5.73 Å². The van der Waals surface area contributed by atoms with Gasteiger partial charge in [-0.15, -0.1) is 0 Å². The normalized spacial score (nSPS) is 11.1. The van der Waals surface area contributed by atoms with Crippen LogP contribution in [0.4, 0.5) is 5.69 Å². The van der Waals surface area contributed by atoms with Gasteiger partial charge in [-0.25, -0.2) is 0 Å². The van der Waals surface area contributed by atoms with Crippen molar-refractivity contribution in [2.75, 3.05) is 5.73 Å². The average molecular weight is 319 g/mol. The highest BCUT2D eigenvalue weighted by Gasteiger charge is 2.03. The van der Waals surface area contributed by atoms with Crippen molar-refractivity contribution in [1.29, 1.82) is 0 Å². The van der Waals surface area contributed by atoms with Gasteiger partial charge in [-0.1, -0.05) is 30.3 Å². The molecule has 0 aliphatic carbocycles. The molecule has 0 saturated carbocycles. The fourth-order valence-corrected chi connectivity index (χ4v) is 2.59. The summed E-state index contributed by atoms with van der Waals surface area (Å²) in [5.74, 6) is 0. The number of fused-ring (bicyclic) bond motifs is 3. The van der Waals surface area contributed by atoms with Crippen LogP contribution in [-0.2, 0) is 0 Å². The molecule has 78 valence electrons. The first kappa shape index (κ1) is 9.90. The van der Waals surface area contributed by atoms with Gasteiger partial charge < -0.3 is 5.73 Å². The van der Waals surface area contributed by atoms with Crippen LogP contribution in [0.1, 0.15) is 0 Å². The molecule has 16 heavy (non-hydrogen) atoms. The first-order chi connectivity index (χ1) is 7.75. The molecule has 0 spiro atoms. The van der Waals surface area contributed by atoms with Crippen molar-refractivity contribution in [2.24, 2.45) is 0 Å². The fourth-order valence-electron chi connectivity index (χ4n) is 2.10. The molecule has 0 saturated heterocycles. The molecule has 0 fully saturated rings. The summed E-state index contributed by atoms with van der Waals surface area (Å²) in [4.78, 5) is 0. The second-order valence-electron chi connectivity index (χ2n) is 3.88. The number of halogens is 1. The SMILES string of the molecule is Nc1cc2ccc(I)cc2c2ccccc12. The molecule has 2 N–H and O–H groups in total. The molecule has 0 amide bonds. The van der Waals surface area contributed by atoms with E-state index in [1.807, 2.05) is 12.1 Å². The van der Waals surface area contributed by atoms with E-state index in [1.54, 1.807) is 0 Å². The average Bonchev–Trinajstić information content (AvgIpc) is 2.31. The molecule has 0 bridgehead atoms. The van der Waals surface area contributed by atoms with E-state index in [0.29, 0.717) is 0 Å². The largest absolute Gasteiger partial charge is 0.398 e. The molecular weight excluding hydrogens is 309 g/mol. The molecular formula is C14H10IN. The van der Waals surface area contributed by atoms with Crippen LogP contribution in [0.15, 0.2) is 48.5 Å². The van der Waals surface area contributed by atoms with Crippen LogP contribution >= 0.6 is 22.6 Å². The maximum absolute atomic E-state index is 6.06. The number of nitrogens with two attached hydrogens (primary N) is 1. The third-order valence-corrected chi connectivity index (χ3v) is 3.53. The zero-order chi connectivity index (χ0) is 11.1. The Morgan fingerprint density at radius 3 is 2.38 bits per heavy atom. The first-order valence-corrected chi connectivity index (χ1v) is 6.20. The van der Waals surface area contributed by atoms with Crippen molar-refractivity contribution in [1.82, 2.24) is 0 Å². The Bertz CT molecular complexity index is 689. The minimum absolute atomic E-state index is 0.851. The third-order valence-electron chi connectivity index (χ3n) is 2.85. The van der Waals surface area contributed by atoms with Gasteiger partial charge in [-0.3, -0.25) is 0 Å². The molecule has 0 aliphatic rings. The highest BCUT2D eigenvalue weighted by Crippen LogP contribution is 2.30. The summed E-state index contributed by atoms with van der Waals surface area (Å²) >= 11 is 2.34. The van der Waals surface area contributed by atoms with Crippen LogP contribution in [0.25, 0.3) is 21.5 Å². The Balaban J connectivity index is 2.61. The number of rotatable bonds is 0. The van der Waals surface area contributed by atoms with Crippen LogP contribution in [-0.4, -0.2) is 0 Å². The number of nitrogen functional groups attached to an aromatic ring is 1. The Labute approximate surface area is 107 Å². The van der Waals surface area contributed by atoms with Gasteiger partial charge in [0, 0.05) is 14.6 Å². The van der Waals surface area contributed by atoms with Crippen molar-refractivity contribution >= 4 is 49.8 Å².